The van der Waals surface area contributed by atoms with Crippen molar-refractivity contribution in [2.45, 2.75) is 150 Å². The van der Waals surface area contributed by atoms with Gasteiger partial charge in [-0.1, -0.05) is 73.5 Å². The number of nitrogens with zero attached hydrogens (tertiary/aromatic N) is 2. The van der Waals surface area contributed by atoms with Crippen LogP contribution in [0.25, 0.3) is 0 Å². The van der Waals surface area contributed by atoms with Crippen LogP contribution in [0.4, 0.5) is 28.9 Å². The number of benzene rings is 4. The molecule has 4 aromatic rings. The molecule has 2 saturated carbocycles. The van der Waals surface area contributed by atoms with Gasteiger partial charge in [0.25, 0.3) is 24.7 Å². The first-order valence-electron chi connectivity index (χ1n) is 30.8. The Morgan fingerprint density at radius 3 is 1.34 bits per heavy atom. The summed E-state index contributed by atoms with van der Waals surface area (Å²) in [6.45, 7) is 8.81. The van der Waals surface area contributed by atoms with E-state index in [9.17, 15) is 54.2 Å². The number of aryl methyl sites for hydroxylation is 2. The molecule has 4 aliphatic heterocycles. The maximum absolute atomic E-state index is 14.6. The van der Waals surface area contributed by atoms with Gasteiger partial charge in [0.2, 0.25) is 20.0 Å². The van der Waals surface area contributed by atoms with E-state index in [-0.39, 0.29) is 35.8 Å². The van der Waals surface area contributed by atoms with Crippen molar-refractivity contribution in [2.75, 3.05) is 49.2 Å². The van der Waals surface area contributed by atoms with Gasteiger partial charge in [-0.2, -0.15) is 0 Å². The summed E-state index contributed by atoms with van der Waals surface area (Å²) < 4.78 is 128. The van der Waals surface area contributed by atoms with Gasteiger partial charge in [-0.25, -0.2) is 43.8 Å². The molecule has 2 spiro atoms. The van der Waals surface area contributed by atoms with Crippen LogP contribution in [0, 0.1) is 35.5 Å². The minimum atomic E-state index is -4.09. The fourth-order valence-electron chi connectivity index (χ4n) is 15.1. The Kier molecular flexibility index (Phi) is 18.0. The van der Waals surface area contributed by atoms with E-state index in [0.29, 0.717) is 98.0 Å². The summed E-state index contributed by atoms with van der Waals surface area (Å²) in [4.78, 5) is 30.9. The number of nitrogens with one attached hydrogen (secondary N) is 2. The van der Waals surface area contributed by atoms with Gasteiger partial charge in [0, 0.05) is 70.0 Å². The second kappa shape index (κ2) is 24.7. The molecule has 0 aromatic heterocycles. The van der Waals surface area contributed by atoms with Crippen molar-refractivity contribution in [2.24, 2.45) is 35.5 Å². The highest BCUT2D eigenvalue weighted by Gasteiger charge is 2.54. The van der Waals surface area contributed by atoms with Crippen LogP contribution in [-0.4, -0.2) is 113 Å². The van der Waals surface area contributed by atoms with Crippen molar-refractivity contribution < 1.29 is 63.7 Å². The lowest BCUT2D eigenvalue weighted by molar-refractivity contribution is -0.136. The Hall–Kier alpha value is -5.38. The Balaban J connectivity index is 0.000000182. The second-order valence-corrected chi connectivity index (χ2v) is 31.4. The summed E-state index contributed by atoms with van der Waals surface area (Å²) in [6.07, 6.45) is 7.10. The molecule has 0 radical (unpaired) electrons. The molecule has 4 bridgehead atoms. The average Bonchev–Trinajstić information content (AvgIpc) is 1.85. The SMILES string of the molecule is C[C@@H]1[C@@H](C)C/C=C/[C@@](O)(C(F)F)[C@@H]2CC[C@H]2CN2C[C@@]3(CCCc4cc(Cl)ccc43)COc3ccc(cc32)C(=O)NS1(=O)=O.C[C@@H]1[C@@H](C)C/C=C/[C@](O)(C(F)F)[C@@H]2CC[C@H]2CN2C[C@@]3(CCCc4cc(Cl)ccc43)COc3ccc(cc32)C(=O)NS1(=O)=O. The fourth-order valence-corrected chi connectivity index (χ4v) is 18.0. The van der Waals surface area contributed by atoms with Gasteiger partial charge in [-0.15, -0.1) is 0 Å². The van der Waals surface area contributed by atoms with E-state index in [1.54, 1.807) is 50.2 Å². The molecule has 12 rings (SSSR count). The molecular weight excluding hydrogens is 1220 g/mol. The van der Waals surface area contributed by atoms with E-state index in [0.717, 1.165) is 60.8 Å². The quantitative estimate of drug-likeness (QED) is 0.110. The molecule has 12 atom stereocenters. The Bertz CT molecular complexity index is 3400. The number of aliphatic hydroxyl groups is 2. The predicted molar refractivity (Wildman–Crippen MR) is 332 cm³/mol. The molecule has 0 unspecified atom stereocenters. The number of carbonyl (C=O) groups excluding carboxylic acids is 2. The molecule has 4 aromatic carbocycles. The summed E-state index contributed by atoms with van der Waals surface area (Å²) in [7, 11) is -8.18. The van der Waals surface area contributed by atoms with Gasteiger partial charge in [-0.3, -0.25) is 9.59 Å². The molecule has 4 aliphatic carbocycles. The topological polar surface area (TPSA) is 192 Å². The zero-order valence-corrected chi connectivity index (χ0v) is 53.0. The van der Waals surface area contributed by atoms with Crippen LogP contribution in [0.5, 0.6) is 11.5 Å². The standard InChI is InChI=1S/2C33H39ClF2N2O5S/c2*1-20-5-3-14-33(40,31(35)36)27-10-7-24(27)17-38-18-32(13-4-6-22-15-25(34)9-11-26(22)32)19-43-29-12-8-23(16-28(29)38)30(39)37-44(41,42)21(20)2/h2*3,8-9,11-12,14-16,20-21,24,27,31,40H,4-7,10,13,17-19H2,1-2H3,(H,37,39)/b2*14-3+/t20-,21+,24-,27+,32-,33+;20-,21+,24-,27+,32-,33-/m00/s1. The molecule has 4 heterocycles. The predicted octanol–water partition coefficient (Wildman–Crippen LogP) is 11.8. The van der Waals surface area contributed by atoms with Crippen molar-refractivity contribution in [1.82, 2.24) is 9.44 Å². The van der Waals surface area contributed by atoms with E-state index in [1.807, 2.05) is 36.4 Å². The van der Waals surface area contributed by atoms with Gasteiger partial charge < -0.3 is 29.5 Å². The molecule has 4 N–H and O–H groups in total. The molecule has 88 heavy (non-hydrogen) atoms. The molecule has 2 fully saturated rings. The van der Waals surface area contributed by atoms with E-state index in [1.165, 1.54) is 38.2 Å². The maximum Gasteiger partial charge on any atom is 0.270 e. The third kappa shape index (κ3) is 12.2. The van der Waals surface area contributed by atoms with Crippen molar-refractivity contribution in [1.29, 1.82) is 0 Å². The first kappa shape index (κ1) is 64.2. The molecule has 14 nitrogen and oxygen atoms in total. The Labute approximate surface area is 523 Å². The molecule has 0 saturated heterocycles. The number of halogens is 6. The number of hydrogen-bond acceptors (Lipinski definition) is 12. The van der Waals surface area contributed by atoms with Gasteiger partial charge >= 0.3 is 0 Å². The second-order valence-electron chi connectivity index (χ2n) is 26.4. The zero-order valence-electron chi connectivity index (χ0n) is 49.9. The number of sulfonamides is 2. The maximum atomic E-state index is 14.6. The summed E-state index contributed by atoms with van der Waals surface area (Å²) in [5.41, 5.74) is 0.578. The van der Waals surface area contributed by atoms with Crippen molar-refractivity contribution >= 4 is 66.4 Å². The molecule has 8 aliphatic rings. The van der Waals surface area contributed by atoms with Crippen molar-refractivity contribution in [3.05, 3.63) is 141 Å². The van der Waals surface area contributed by atoms with E-state index >= 15 is 0 Å². The van der Waals surface area contributed by atoms with E-state index in [2.05, 4.69) is 19.2 Å². The largest absolute Gasteiger partial charge is 0.490 e. The minimum absolute atomic E-state index is 0.150. The smallest absolute Gasteiger partial charge is 0.270 e. The Morgan fingerprint density at radius 2 is 0.977 bits per heavy atom. The molecule has 2 amide bonds. The lowest BCUT2D eigenvalue weighted by atomic mass is 9.64. The highest BCUT2D eigenvalue weighted by Crippen LogP contribution is 2.52. The monoisotopic (exact) mass is 1300 g/mol. The van der Waals surface area contributed by atoms with Gasteiger partial charge in [0.15, 0.2) is 0 Å². The summed E-state index contributed by atoms with van der Waals surface area (Å²) >= 11 is 12.7. The summed E-state index contributed by atoms with van der Waals surface area (Å²) in [5.74, 6) is -3.25. The number of anilines is 2. The number of carbonyl (C=O) groups is 2. The number of alkyl halides is 4. The molecule has 476 valence electrons. The number of allylic oxidation sites excluding steroid dienone is 2. The highest BCUT2D eigenvalue weighted by molar-refractivity contribution is 7.91. The van der Waals surface area contributed by atoms with Crippen LogP contribution in [0.1, 0.15) is 135 Å². The summed E-state index contributed by atoms with van der Waals surface area (Å²) in [5, 5.41) is 22.1. The lowest BCUT2D eigenvalue weighted by Crippen LogP contribution is -2.55. The van der Waals surface area contributed by atoms with Gasteiger partial charge in [-0.05, 0) is 197 Å². The van der Waals surface area contributed by atoms with Crippen LogP contribution >= 0.6 is 23.2 Å². The van der Waals surface area contributed by atoms with Gasteiger partial charge in [0.05, 0.1) is 35.1 Å². The van der Waals surface area contributed by atoms with Crippen LogP contribution in [0.2, 0.25) is 10.0 Å². The third-order valence-electron chi connectivity index (χ3n) is 21.1. The summed E-state index contributed by atoms with van der Waals surface area (Å²) in [6, 6.07) is 21.6. The fraction of sp³-hybridized carbons (Fsp3) is 0.545. The number of amides is 2. The highest BCUT2D eigenvalue weighted by atomic mass is 35.5. The van der Waals surface area contributed by atoms with Crippen LogP contribution in [-0.2, 0) is 43.7 Å². The van der Waals surface area contributed by atoms with E-state index in [4.69, 9.17) is 32.7 Å². The average molecular weight is 1300 g/mol. The van der Waals surface area contributed by atoms with Crippen LogP contribution in [0.3, 0.4) is 0 Å². The Morgan fingerprint density at radius 1 is 0.580 bits per heavy atom. The minimum Gasteiger partial charge on any atom is -0.490 e. The third-order valence-corrected chi connectivity index (χ3v) is 25.4. The lowest BCUT2D eigenvalue weighted by Gasteiger charge is -2.48. The zero-order chi connectivity index (χ0) is 62.9. The van der Waals surface area contributed by atoms with Crippen molar-refractivity contribution in [3.8, 4) is 11.5 Å². The number of ether oxygens (including phenoxy) is 2. The normalized spacial score (nSPS) is 34.2. The molecular formula is C66H78Cl2F4N4O10S2. The van der Waals surface area contributed by atoms with Crippen LogP contribution < -0.4 is 28.7 Å². The molecule has 22 heteroatoms. The van der Waals surface area contributed by atoms with Crippen LogP contribution in [0.15, 0.2) is 97.1 Å². The van der Waals surface area contributed by atoms with E-state index < -0.39 is 101 Å². The number of rotatable bonds is 2. The number of hydrogen-bond donors (Lipinski definition) is 4. The number of fused-ring (bicyclic) bond motifs is 8. The first-order chi connectivity index (χ1) is 41.7. The van der Waals surface area contributed by atoms with Gasteiger partial charge in [0.1, 0.15) is 22.7 Å². The van der Waals surface area contributed by atoms with Crippen molar-refractivity contribution in [3.63, 3.8) is 0 Å². The first-order valence-corrected chi connectivity index (χ1v) is 34.6.